The van der Waals surface area contributed by atoms with Gasteiger partial charge in [0.1, 0.15) is 4.99 Å². The number of ether oxygens (including phenoxy) is 2. The molecule has 2 N–H and O–H groups in total. The molecular formula is C16H26N2O2S. The molecule has 0 radical (unpaired) electrons. The summed E-state index contributed by atoms with van der Waals surface area (Å²) in [7, 11) is 3.47. The normalized spacial score (nSPS) is 11.0. The second-order valence-corrected chi connectivity index (χ2v) is 5.56. The van der Waals surface area contributed by atoms with Gasteiger partial charge in [0.2, 0.25) is 0 Å². The summed E-state index contributed by atoms with van der Waals surface area (Å²) < 4.78 is 10.3. The molecule has 0 aliphatic heterocycles. The van der Waals surface area contributed by atoms with Crippen molar-refractivity contribution in [3.05, 3.63) is 34.9 Å². The van der Waals surface area contributed by atoms with E-state index in [0.717, 1.165) is 44.8 Å². The first-order valence-electron chi connectivity index (χ1n) is 7.18. The molecule has 118 valence electrons. The van der Waals surface area contributed by atoms with Gasteiger partial charge in [0.05, 0.1) is 6.61 Å². The number of hydrogen-bond acceptors (Lipinski definition) is 4. The van der Waals surface area contributed by atoms with Gasteiger partial charge in [0, 0.05) is 46.0 Å². The van der Waals surface area contributed by atoms with Gasteiger partial charge in [-0.3, -0.25) is 4.90 Å². The first-order chi connectivity index (χ1) is 10.1. The quantitative estimate of drug-likeness (QED) is 0.530. The third-order valence-corrected chi connectivity index (χ3v) is 3.69. The van der Waals surface area contributed by atoms with Crippen LogP contribution < -0.4 is 5.73 Å². The van der Waals surface area contributed by atoms with E-state index >= 15 is 0 Å². The molecule has 0 atom stereocenters. The largest absolute Gasteiger partial charge is 0.389 e. The number of benzene rings is 1. The Labute approximate surface area is 133 Å². The van der Waals surface area contributed by atoms with Crippen molar-refractivity contribution in [3.8, 4) is 0 Å². The van der Waals surface area contributed by atoms with E-state index < -0.39 is 0 Å². The topological polar surface area (TPSA) is 47.7 Å². The number of methoxy groups -OCH3 is 2. The molecule has 0 aliphatic carbocycles. The third kappa shape index (κ3) is 6.52. The standard InChI is InChI=1S/C16H26N2O2S/c1-13-11-14(16(17)21)5-6-15(13)12-18(8-10-20-3)7-4-9-19-2/h5-6,11H,4,7-10,12H2,1-3H3,(H2,17,21). The molecule has 0 bridgehead atoms. The van der Waals surface area contributed by atoms with E-state index in [2.05, 4.69) is 24.0 Å². The maximum absolute atomic E-state index is 5.67. The van der Waals surface area contributed by atoms with Crippen LogP contribution in [0.25, 0.3) is 0 Å². The minimum Gasteiger partial charge on any atom is -0.389 e. The Morgan fingerprint density at radius 1 is 1.19 bits per heavy atom. The lowest BCUT2D eigenvalue weighted by Crippen LogP contribution is -2.29. The van der Waals surface area contributed by atoms with Gasteiger partial charge in [-0.1, -0.05) is 24.4 Å². The second-order valence-electron chi connectivity index (χ2n) is 5.12. The maximum Gasteiger partial charge on any atom is 0.103 e. The Hall–Kier alpha value is -1.01. The molecule has 21 heavy (non-hydrogen) atoms. The fourth-order valence-corrected chi connectivity index (χ4v) is 2.32. The maximum atomic E-state index is 5.67. The molecule has 4 nitrogen and oxygen atoms in total. The van der Waals surface area contributed by atoms with Gasteiger partial charge in [-0.2, -0.15) is 0 Å². The van der Waals surface area contributed by atoms with Crippen molar-refractivity contribution in [1.82, 2.24) is 4.90 Å². The molecule has 0 spiro atoms. The van der Waals surface area contributed by atoms with E-state index in [9.17, 15) is 0 Å². The van der Waals surface area contributed by atoms with Crippen LogP contribution in [-0.4, -0.2) is 50.4 Å². The Bertz CT molecular complexity index is 452. The van der Waals surface area contributed by atoms with Gasteiger partial charge in [-0.15, -0.1) is 0 Å². The Balaban J connectivity index is 2.69. The highest BCUT2D eigenvalue weighted by atomic mass is 32.1. The zero-order valence-electron chi connectivity index (χ0n) is 13.2. The third-order valence-electron chi connectivity index (χ3n) is 3.46. The molecule has 0 amide bonds. The summed E-state index contributed by atoms with van der Waals surface area (Å²) in [6.45, 7) is 6.42. The van der Waals surface area contributed by atoms with Gasteiger partial charge >= 0.3 is 0 Å². The lowest BCUT2D eigenvalue weighted by atomic mass is 10.0. The molecular weight excluding hydrogens is 284 g/mol. The van der Waals surface area contributed by atoms with Gasteiger partial charge in [-0.25, -0.2) is 0 Å². The molecule has 0 aromatic heterocycles. The fraction of sp³-hybridized carbons (Fsp3) is 0.562. The van der Waals surface area contributed by atoms with Crippen molar-refractivity contribution in [1.29, 1.82) is 0 Å². The van der Waals surface area contributed by atoms with Crippen molar-refractivity contribution < 1.29 is 9.47 Å². The van der Waals surface area contributed by atoms with Crippen LogP contribution in [0.5, 0.6) is 0 Å². The number of nitrogens with two attached hydrogens (primary N) is 1. The fourth-order valence-electron chi connectivity index (χ4n) is 2.19. The molecule has 0 aliphatic rings. The average Bonchev–Trinajstić information content (AvgIpc) is 2.46. The zero-order chi connectivity index (χ0) is 15.7. The smallest absolute Gasteiger partial charge is 0.103 e. The predicted molar refractivity (Wildman–Crippen MR) is 90.7 cm³/mol. The summed E-state index contributed by atoms with van der Waals surface area (Å²) in [6.07, 6.45) is 1.02. The van der Waals surface area contributed by atoms with E-state index in [0.29, 0.717) is 4.99 Å². The first kappa shape index (κ1) is 18.0. The second kappa shape index (κ2) is 9.84. The van der Waals surface area contributed by atoms with Crippen LogP contribution in [-0.2, 0) is 16.0 Å². The van der Waals surface area contributed by atoms with Crippen molar-refractivity contribution in [2.24, 2.45) is 5.73 Å². The van der Waals surface area contributed by atoms with E-state index in [4.69, 9.17) is 27.4 Å². The summed E-state index contributed by atoms with van der Waals surface area (Å²) >= 11 is 5.02. The Kier molecular flexibility index (Phi) is 8.45. The van der Waals surface area contributed by atoms with Crippen LogP contribution in [0.4, 0.5) is 0 Å². The summed E-state index contributed by atoms with van der Waals surface area (Å²) in [6, 6.07) is 6.16. The summed E-state index contributed by atoms with van der Waals surface area (Å²) in [5.74, 6) is 0. The van der Waals surface area contributed by atoms with Crippen molar-refractivity contribution in [3.63, 3.8) is 0 Å². The molecule has 1 rings (SSSR count). The minimum atomic E-state index is 0.445. The first-order valence-corrected chi connectivity index (χ1v) is 7.59. The summed E-state index contributed by atoms with van der Waals surface area (Å²) in [5.41, 5.74) is 9.11. The molecule has 5 heteroatoms. The Morgan fingerprint density at radius 3 is 2.48 bits per heavy atom. The molecule has 0 fully saturated rings. The van der Waals surface area contributed by atoms with Crippen molar-refractivity contribution >= 4 is 17.2 Å². The lowest BCUT2D eigenvalue weighted by Gasteiger charge is -2.23. The zero-order valence-corrected chi connectivity index (χ0v) is 14.0. The van der Waals surface area contributed by atoms with Crippen molar-refractivity contribution in [2.45, 2.75) is 19.9 Å². The van der Waals surface area contributed by atoms with Crippen LogP contribution in [0.2, 0.25) is 0 Å². The van der Waals surface area contributed by atoms with E-state index in [1.54, 1.807) is 14.2 Å². The van der Waals surface area contributed by atoms with Gasteiger partial charge in [0.25, 0.3) is 0 Å². The molecule has 0 unspecified atom stereocenters. The number of thiocarbonyl (C=S) groups is 1. The predicted octanol–water partition coefficient (Wildman–Crippen LogP) is 2.11. The molecule has 0 heterocycles. The van der Waals surface area contributed by atoms with Crippen LogP contribution in [0.15, 0.2) is 18.2 Å². The molecule has 0 saturated heterocycles. The summed E-state index contributed by atoms with van der Waals surface area (Å²) in [5, 5.41) is 0. The highest BCUT2D eigenvalue weighted by Crippen LogP contribution is 2.14. The highest BCUT2D eigenvalue weighted by molar-refractivity contribution is 7.80. The molecule has 0 saturated carbocycles. The SMILES string of the molecule is COCCCN(CCOC)Cc1ccc(C(N)=S)cc1C. The van der Waals surface area contributed by atoms with Gasteiger partial charge in [-0.05, 0) is 30.5 Å². The van der Waals surface area contributed by atoms with Gasteiger partial charge in [0.15, 0.2) is 0 Å². The van der Waals surface area contributed by atoms with Crippen LogP contribution >= 0.6 is 12.2 Å². The Morgan fingerprint density at radius 2 is 1.90 bits per heavy atom. The number of rotatable bonds is 10. The van der Waals surface area contributed by atoms with Crippen LogP contribution in [0.3, 0.4) is 0 Å². The number of aryl methyl sites for hydroxylation is 1. The average molecular weight is 310 g/mol. The van der Waals surface area contributed by atoms with Crippen LogP contribution in [0, 0.1) is 6.92 Å². The number of nitrogens with zero attached hydrogens (tertiary/aromatic N) is 1. The lowest BCUT2D eigenvalue weighted by molar-refractivity contribution is 0.129. The van der Waals surface area contributed by atoms with Crippen molar-refractivity contribution in [2.75, 3.05) is 40.5 Å². The monoisotopic (exact) mass is 310 g/mol. The van der Waals surface area contributed by atoms with Crippen LogP contribution in [0.1, 0.15) is 23.1 Å². The summed E-state index contributed by atoms with van der Waals surface area (Å²) in [4.78, 5) is 2.83. The minimum absolute atomic E-state index is 0.445. The number of hydrogen-bond donors (Lipinski definition) is 1. The van der Waals surface area contributed by atoms with E-state index in [1.165, 1.54) is 11.1 Å². The van der Waals surface area contributed by atoms with Gasteiger partial charge < -0.3 is 15.2 Å². The molecule has 1 aromatic carbocycles. The highest BCUT2D eigenvalue weighted by Gasteiger charge is 2.09. The molecule has 1 aromatic rings. The van der Waals surface area contributed by atoms with E-state index in [1.807, 2.05) is 6.07 Å². The van der Waals surface area contributed by atoms with E-state index in [-0.39, 0.29) is 0 Å².